The number of aromatic nitrogens is 1. The van der Waals surface area contributed by atoms with Gasteiger partial charge >= 0.3 is 0 Å². The summed E-state index contributed by atoms with van der Waals surface area (Å²) < 4.78 is 5.91. The van der Waals surface area contributed by atoms with Gasteiger partial charge in [-0.1, -0.05) is 48.0 Å². The number of likely N-dealkylation sites (tertiary alicyclic amines) is 1. The van der Waals surface area contributed by atoms with Crippen LogP contribution in [0.1, 0.15) is 29.9 Å². The summed E-state index contributed by atoms with van der Waals surface area (Å²) in [6.07, 6.45) is 2.95. The minimum atomic E-state index is 0.0120. The number of likely N-dealkylation sites (N-methyl/N-ethyl adjacent to an activating group) is 1. The molecule has 1 unspecified atom stereocenters. The van der Waals surface area contributed by atoms with Crippen LogP contribution < -0.4 is 5.32 Å². The lowest BCUT2D eigenvalue weighted by atomic mass is 9.97. The Hall–Kier alpha value is -2.67. The van der Waals surface area contributed by atoms with Crippen molar-refractivity contribution in [3.05, 3.63) is 76.6 Å². The van der Waals surface area contributed by atoms with Crippen molar-refractivity contribution in [3.63, 3.8) is 0 Å². The van der Waals surface area contributed by atoms with Crippen LogP contribution in [0.5, 0.6) is 0 Å². The average Bonchev–Trinajstić information content (AvgIpc) is 3.23. The molecule has 6 nitrogen and oxygen atoms in total. The van der Waals surface area contributed by atoms with Crippen molar-refractivity contribution in [1.82, 2.24) is 20.1 Å². The number of carbonyl (C=O) groups excluding carboxylic acids is 1. The summed E-state index contributed by atoms with van der Waals surface area (Å²) in [5.74, 6) is 1.56. The van der Waals surface area contributed by atoms with E-state index in [1.165, 1.54) is 5.56 Å². The average molecular weight is 495 g/mol. The fourth-order valence-electron chi connectivity index (χ4n) is 4.54. The van der Waals surface area contributed by atoms with E-state index in [-0.39, 0.29) is 11.8 Å². The zero-order valence-corrected chi connectivity index (χ0v) is 21.4. The van der Waals surface area contributed by atoms with E-state index in [9.17, 15) is 4.79 Å². The van der Waals surface area contributed by atoms with Crippen molar-refractivity contribution in [3.8, 4) is 11.5 Å². The molecule has 1 aliphatic heterocycles. The van der Waals surface area contributed by atoms with Crippen molar-refractivity contribution >= 4 is 17.5 Å². The largest absolute Gasteiger partial charge is 0.441 e. The number of hydrogen-bond donors (Lipinski definition) is 1. The molecule has 7 heteroatoms. The van der Waals surface area contributed by atoms with Gasteiger partial charge in [0, 0.05) is 43.3 Å². The van der Waals surface area contributed by atoms with E-state index in [0.717, 1.165) is 62.5 Å². The molecule has 1 atom stereocenters. The lowest BCUT2D eigenvalue weighted by molar-refractivity contribution is -0.126. The molecule has 1 aromatic heterocycles. The Kier molecular flexibility index (Phi) is 8.96. The maximum Gasteiger partial charge on any atom is 0.226 e. The highest BCUT2D eigenvalue weighted by atomic mass is 35.5. The molecule has 0 bridgehead atoms. The predicted molar refractivity (Wildman–Crippen MR) is 140 cm³/mol. The fourth-order valence-corrected chi connectivity index (χ4v) is 4.73. The van der Waals surface area contributed by atoms with Crippen LogP contribution in [-0.4, -0.2) is 60.5 Å². The molecular formula is C28H35ClN4O2. The maximum absolute atomic E-state index is 12.8. The Morgan fingerprint density at radius 2 is 2.03 bits per heavy atom. The number of benzene rings is 2. The van der Waals surface area contributed by atoms with Crippen molar-refractivity contribution in [2.75, 3.05) is 39.8 Å². The second-order valence-corrected chi connectivity index (χ2v) is 9.87. The van der Waals surface area contributed by atoms with Crippen molar-refractivity contribution in [1.29, 1.82) is 0 Å². The van der Waals surface area contributed by atoms with Crippen molar-refractivity contribution < 1.29 is 9.21 Å². The van der Waals surface area contributed by atoms with E-state index in [2.05, 4.69) is 46.4 Å². The van der Waals surface area contributed by atoms with E-state index in [0.29, 0.717) is 24.0 Å². The SMILES string of the molecule is Cc1oc(-c2cccc(Cl)c2)nc1CN1CCCC(C(=O)NCCN(C)CCc2ccccc2)C1. The Balaban J connectivity index is 1.22. The molecular weight excluding hydrogens is 460 g/mol. The van der Waals surface area contributed by atoms with E-state index in [4.69, 9.17) is 21.0 Å². The predicted octanol–water partition coefficient (Wildman–Crippen LogP) is 4.81. The van der Waals surface area contributed by atoms with Gasteiger partial charge < -0.3 is 14.6 Å². The molecule has 1 saturated heterocycles. The Labute approximate surface area is 213 Å². The number of aryl methyl sites for hydroxylation is 1. The summed E-state index contributed by atoms with van der Waals surface area (Å²) in [5.41, 5.74) is 3.13. The summed E-state index contributed by atoms with van der Waals surface area (Å²) >= 11 is 6.12. The van der Waals surface area contributed by atoms with Crippen molar-refractivity contribution in [2.24, 2.45) is 5.92 Å². The molecule has 1 amide bonds. The number of oxazole rings is 1. The highest BCUT2D eigenvalue weighted by molar-refractivity contribution is 6.30. The minimum Gasteiger partial charge on any atom is -0.441 e. The summed E-state index contributed by atoms with van der Waals surface area (Å²) in [6.45, 7) is 6.83. The number of piperidine rings is 1. The molecule has 0 saturated carbocycles. The molecule has 0 aliphatic carbocycles. The van der Waals surface area contributed by atoms with Gasteiger partial charge in [0.25, 0.3) is 0 Å². The van der Waals surface area contributed by atoms with Crippen LogP contribution in [0.15, 0.2) is 59.0 Å². The quantitative estimate of drug-likeness (QED) is 0.438. The van der Waals surface area contributed by atoms with Crippen LogP contribution in [0.4, 0.5) is 0 Å². The van der Waals surface area contributed by atoms with Gasteiger partial charge in [-0.05, 0) is 63.5 Å². The van der Waals surface area contributed by atoms with Crippen LogP contribution in [-0.2, 0) is 17.8 Å². The standard InChI is InChI=1S/C28H35ClN4O2/c1-21-26(31-28(35-21)23-10-6-12-25(29)18-23)20-33-15-7-11-24(19-33)27(34)30-14-17-32(2)16-13-22-8-4-3-5-9-22/h3-6,8-10,12,18,24H,7,11,13-17,19-20H2,1-2H3,(H,30,34). The number of amides is 1. The highest BCUT2D eigenvalue weighted by Gasteiger charge is 2.27. The monoisotopic (exact) mass is 494 g/mol. The van der Waals surface area contributed by atoms with Crippen LogP contribution >= 0.6 is 11.6 Å². The Morgan fingerprint density at radius 3 is 2.83 bits per heavy atom. The van der Waals surface area contributed by atoms with E-state index in [1.807, 2.05) is 37.3 Å². The molecule has 186 valence electrons. The van der Waals surface area contributed by atoms with E-state index in [1.54, 1.807) is 0 Å². The first kappa shape index (κ1) is 25.4. The number of nitrogens with one attached hydrogen (secondary N) is 1. The molecule has 0 radical (unpaired) electrons. The van der Waals surface area contributed by atoms with E-state index < -0.39 is 0 Å². The van der Waals surface area contributed by atoms with E-state index >= 15 is 0 Å². The summed E-state index contributed by atoms with van der Waals surface area (Å²) in [4.78, 5) is 22.1. The van der Waals surface area contributed by atoms with Gasteiger partial charge in [-0.25, -0.2) is 4.98 Å². The van der Waals surface area contributed by atoms with Gasteiger partial charge in [0.2, 0.25) is 11.8 Å². The summed E-state index contributed by atoms with van der Waals surface area (Å²) in [7, 11) is 2.11. The zero-order valence-electron chi connectivity index (χ0n) is 20.7. The number of hydrogen-bond acceptors (Lipinski definition) is 5. The minimum absolute atomic E-state index is 0.0120. The molecule has 2 heterocycles. The number of halogens is 1. The smallest absolute Gasteiger partial charge is 0.226 e. The van der Waals surface area contributed by atoms with Crippen LogP contribution in [0, 0.1) is 12.8 Å². The zero-order chi connectivity index (χ0) is 24.6. The number of carbonyl (C=O) groups is 1. The lowest BCUT2D eigenvalue weighted by Crippen LogP contribution is -2.44. The van der Waals surface area contributed by atoms with Gasteiger partial charge in [0.15, 0.2) is 0 Å². The normalized spacial score (nSPS) is 16.5. The molecule has 1 N–H and O–H groups in total. The van der Waals surface area contributed by atoms with Gasteiger partial charge in [0.05, 0.1) is 11.6 Å². The third-order valence-electron chi connectivity index (χ3n) is 6.63. The second-order valence-electron chi connectivity index (χ2n) is 9.44. The fraction of sp³-hybridized carbons (Fsp3) is 0.429. The third kappa shape index (κ3) is 7.40. The highest BCUT2D eigenvalue weighted by Crippen LogP contribution is 2.26. The van der Waals surface area contributed by atoms with Crippen LogP contribution in [0.2, 0.25) is 5.02 Å². The van der Waals surface area contributed by atoms with Gasteiger partial charge in [-0.15, -0.1) is 0 Å². The first-order chi connectivity index (χ1) is 17.0. The molecule has 4 rings (SSSR count). The first-order valence-corrected chi connectivity index (χ1v) is 12.8. The first-order valence-electron chi connectivity index (χ1n) is 12.4. The summed E-state index contributed by atoms with van der Waals surface area (Å²) in [5, 5.41) is 3.81. The lowest BCUT2D eigenvalue weighted by Gasteiger charge is -2.31. The third-order valence-corrected chi connectivity index (χ3v) is 6.87. The molecule has 1 fully saturated rings. The Bertz CT molecular complexity index is 1100. The molecule has 35 heavy (non-hydrogen) atoms. The summed E-state index contributed by atoms with van der Waals surface area (Å²) in [6, 6.07) is 18.0. The molecule has 3 aromatic rings. The Morgan fingerprint density at radius 1 is 1.20 bits per heavy atom. The number of rotatable bonds is 10. The second kappa shape index (κ2) is 12.3. The van der Waals surface area contributed by atoms with Gasteiger partial charge in [-0.3, -0.25) is 9.69 Å². The van der Waals surface area contributed by atoms with Crippen LogP contribution in [0.3, 0.4) is 0 Å². The molecule has 1 aliphatic rings. The maximum atomic E-state index is 12.8. The topological polar surface area (TPSA) is 61.6 Å². The molecule has 2 aromatic carbocycles. The van der Waals surface area contributed by atoms with Gasteiger partial charge in [0.1, 0.15) is 5.76 Å². The number of nitrogens with zero attached hydrogens (tertiary/aromatic N) is 3. The van der Waals surface area contributed by atoms with Crippen LogP contribution in [0.25, 0.3) is 11.5 Å². The van der Waals surface area contributed by atoms with Crippen molar-refractivity contribution in [2.45, 2.75) is 32.7 Å². The van der Waals surface area contributed by atoms with Gasteiger partial charge in [-0.2, -0.15) is 0 Å². The molecule has 0 spiro atoms.